The van der Waals surface area contributed by atoms with Crippen LogP contribution in [0.3, 0.4) is 0 Å². The lowest BCUT2D eigenvalue weighted by Crippen LogP contribution is -2.38. The molecular weight excluding hydrogens is 322 g/mol. The van der Waals surface area contributed by atoms with Gasteiger partial charge in [-0.2, -0.15) is 0 Å². The Hall–Kier alpha value is -1.57. The Kier molecular flexibility index (Phi) is 5.44. The smallest absolute Gasteiger partial charge is 0.265 e. The maximum Gasteiger partial charge on any atom is 0.265 e. The molecule has 0 aliphatic carbocycles. The summed E-state index contributed by atoms with van der Waals surface area (Å²) in [5.74, 6) is 0.593. The second kappa shape index (κ2) is 7.13. The molecule has 1 aliphatic heterocycles. The van der Waals surface area contributed by atoms with Gasteiger partial charge in [0.25, 0.3) is 5.91 Å². The third kappa shape index (κ3) is 3.26. The number of halogens is 1. The van der Waals surface area contributed by atoms with Crippen molar-refractivity contribution in [1.82, 2.24) is 25.2 Å². The first-order valence-electron chi connectivity index (χ1n) is 6.89. The molecule has 1 atom stereocenters. The molecule has 0 radical (unpaired) electrons. The van der Waals surface area contributed by atoms with Gasteiger partial charge in [-0.05, 0) is 26.0 Å². The Labute approximate surface area is 139 Å². The first-order valence-corrected chi connectivity index (χ1v) is 7.71. The van der Waals surface area contributed by atoms with E-state index in [9.17, 15) is 4.79 Å². The quantitative estimate of drug-likeness (QED) is 0.922. The Morgan fingerprint density at radius 1 is 1.41 bits per heavy atom. The van der Waals surface area contributed by atoms with Gasteiger partial charge in [-0.1, -0.05) is 0 Å². The number of carbonyl (C=O) groups excluding carboxylic acids is 1. The number of amides is 1. The van der Waals surface area contributed by atoms with Crippen molar-refractivity contribution in [2.45, 2.75) is 19.4 Å². The van der Waals surface area contributed by atoms with Crippen LogP contribution in [0.1, 0.15) is 21.8 Å². The number of carbonyl (C=O) groups is 1. The summed E-state index contributed by atoms with van der Waals surface area (Å²) >= 11 is 1.36. The molecule has 22 heavy (non-hydrogen) atoms. The summed E-state index contributed by atoms with van der Waals surface area (Å²) in [4.78, 5) is 27.9. The number of aryl methyl sites for hydroxylation is 1. The summed E-state index contributed by atoms with van der Waals surface area (Å²) in [6.45, 7) is 3.68. The van der Waals surface area contributed by atoms with E-state index < -0.39 is 0 Å². The Bertz CT molecular complexity index is 642. The fraction of sp³-hybridized carbons (Fsp3) is 0.429. The monoisotopic (exact) mass is 339 g/mol. The molecule has 6 nitrogen and oxygen atoms in total. The second-order valence-corrected chi connectivity index (χ2v) is 6.07. The lowest BCUT2D eigenvalue weighted by Gasteiger charge is -2.23. The zero-order chi connectivity index (χ0) is 14.8. The summed E-state index contributed by atoms with van der Waals surface area (Å²) < 4.78 is 0. The highest BCUT2D eigenvalue weighted by atomic mass is 35.5. The second-order valence-electron chi connectivity index (χ2n) is 5.07. The number of hydrogen-bond donors (Lipinski definition) is 1. The van der Waals surface area contributed by atoms with Crippen LogP contribution in [-0.2, 0) is 0 Å². The van der Waals surface area contributed by atoms with Crippen molar-refractivity contribution in [3.63, 3.8) is 0 Å². The minimum Gasteiger partial charge on any atom is -0.337 e. The Balaban J connectivity index is 0.00000176. The molecule has 2 aromatic rings. The van der Waals surface area contributed by atoms with E-state index in [0.29, 0.717) is 15.7 Å². The first-order chi connectivity index (χ1) is 10.2. The molecule has 2 aromatic heterocycles. The number of nitrogens with one attached hydrogen (secondary N) is 1. The number of aromatic nitrogens is 3. The minimum atomic E-state index is 0. The molecule has 118 valence electrons. The molecule has 1 N–H and O–H groups in total. The zero-order valence-corrected chi connectivity index (χ0v) is 14.1. The zero-order valence-electron chi connectivity index (χ0n) is 12.4. The molecule has 1 saturated heterocycles. The topological polar surface area (TPSA) is 71.0 Å². The van der Waals surface area contributed by atoms with Crippen LogP contribution < -0.4 is 5.32 Å². The average Bonchev–Trinajstić information content (AvgIpc) is 3.16. The summed E-state index contributed by atoms with van der Waals surface area (Å²) in [6.07, 6.45) is 4.35. The van der Waals surface area contributed by atoms with E-state index in [1.807, 2.05) is 18.9 Å². The van der Waals surface area contributed by atoms with Gasteiger partial charge >= 0.3 is 0 Å². The third-order valence-electron chi connectivity index (χ3n) is 3.65. The summed E-state index contributed by atoms with van der Waals surface area (Å²) in [7, 11) is 1.86. The highest BCUT2D eigenvalue weighted by molar-refractivity contribution is 7.17. The fourth-order valence-corrected chi connectivity index (χ4v) is 3.39. The van der Waals surface area contributed by atoms with Crippen LogP contribution in [0.4, 0.5) is 0 Å². The third-order valence-corrected chi connectivity index (χ3v) is 4.79. The molecule has 1 fully saturated rings. The maximum atomic E-state index is 12.6. The Morgan fingerprint density at radius 3 is 2.77 bits per heavy atom. The first kappa shape index (κ1) is 16.8. The van der Waals surface area contributed by atoms with Gasteiger partial charge in [0, 0.05) is 32.0 Å². The highest BCUT2D eigenvalue weighted by Crippen LogP contribution is 2.26. The van der Waals surface area contributed by atoms with Gasteiger partial charge in [-0.3, -0.25) is 4.79 Å². The summed E-state index contributed by atoms with van der Waals surface area (Å²) in [6, 6.07) is 2.02. The average molecular weight is 340 g/mol. The molecule has 0 aromatic carbocycles. The van der Waals surface area contributed by atoms with Gasteiger partial charge in [0.2, 0.25) is 0 Å². The van der Waals surface area contributed by atoms with Gasteiger partial charge in [0.15, 0.2) is 10.8 Å². The molecule has 1 aliphatic rings. The van der Waals surface area contributed by atoms with Crippen LogP contribution in [0, 0.1) is 6.92 Å². The van der Waals surface area contributed by atoms with E-state index in [-0.39, 0.29) is 24.4 Å². The van der Waals surface area contributed by atoms with Crippen LogP contribution in [0.15, 0.2) is 18.5 Å². The van der Waals surface area contributed by atoms with E-state index in [1.165, 1.54) is 11.3 Å². The van der Waals surface area contributed by atoms with Crippen LogP contribution in [0.5, 0.6) is 0 Å². The van der Waals surface area contributed by atoms with Crippen molar-refractivity contribution in [2.24, 2.45) is 0 Å². The van der Waals surface area contributed by atoms with Crippen molar-refractivity contribution in [2.75, 3.05) is 20.1 Å². The largest absolute Gasteiger partial charge is 0.337 e. The van der Waals surface area contributed by atoms with Crippen LogP contribution >= 0.6 is 23.7 Å². The Morgan fingerprint density at radius 2 is 2.14 bits per heavy atom. The number of likely N-dealkylation sites (N-methyl/N-ethyl adjacent to an activating group) is 1. The van der Waals surface area contributed by atoms with Crippen molar-refractivity contribution in [3.8, 4) is 10.8 Å². The normalized spacial score (nSPS) is 17.1. The van der Waals surface area contributed by atoms with Gasteiger partial charge in [-0.25, -0.2) is 15.0 Å². The predicted molar refractivity (Wildman–Crippen MR) is 88.5 cm³/mol. The number of rotatable bonds is 3. The standard InChI is InChI=1S/C14H17N5OS.ClH/c1-9-11(14(20)19(2)10-4-7-15-8-10)21-13(18-9)12-16-5-3-6-17-12;/h3,5-6,10,15H,4,7-8H2,1-2H3;1H. The van der Waals surface area contributed by atoms with Crippen molar-refractivity contribution >= 4 is 29.7 Å². The molecule has 8 heteroatoms. The highest BCUT2D eigenvalue weighted by Gasteiger charge is 2.27. The number of hydrogen-bond acceptors (Lipinski definition) is 6. The lowest BCUT2D eigenvalue weighted by atomic mass is 10.2. The van der Waals surface area contributed by atoms with Crippen LogP contribution in [0.25, 0.3) is 10.8 Å². The molecule has 1 amide bonds. The summed E-state index contributed by atoms with van der Waals surface area (Å²) in [5.41, 5.74) is 0.741. The van der Waals surface area contributed by atoms with Gasteiger partial charge < -0.3 is 10.2 Å². The molecule has 1 unspecified atom stereocenters. The van der Waals surface area contributed by atoms with Crippen molar-refractivity contribution < 1.29 is 4.79 Å². The SMILES string of the molecule is Cc1nc(-c2ncccn2)sc1C(=O)N(C)C1CCNC1.Cl. The molecule has 3 rings (SSSR count). The molecule has 0 saturated carbocycles. The molecule has 0 bridgehead atoms. The van der Waals surface area contributed by atoms with Crippen LogP contribution in [-0.4, -0.2) is 51.9 Å². The number of thiazole rings is 1. The van der Waals surface area contributed by atoms with Crippen molar-refractivity contribution in [1.29, 1.82) is 0 Å². The summed E-state index contributed by atoms with van der Waals surface area (Å²) in [5, 5.41) is 3.97. The minimum absolute atomic E-state index is 0. The molecule has 3 heterocycles. The van der Waals surface area contributed by atoms with Gasteiger partial charge in [-0.15, -0.1) is 23.7 Å². The molecular formula is C14H18ClN5OS. The van der Waals surface area contributed by atoms with E-state index in [0.717, 1.165) is 25.2 Å². The predicted octanol–water partition coefficient (Wildman–Crippen LogP) is 1.76. The van der Waals surface area contributed by atoms with E-state index in [2.05, 4.69) is 20.3 Å². The molecule has 0 spiro atoms. The van der Waals surface area contributed by atoms with Gasteiger partial charge in [0.1, 0.15) is 4.88 Å². The van der Waals surface area contributed by atoms with Crippen molar-refractivity contribution in [3.05, 3.63) is 29.0 Å². The fourth-order valence-electron chi connectivity index (χ4n) is 2.40. The van der Waals surface area contributed by atoms with E-state index >= 15 is 0 Å². The maximum absolute atomic E-state index is 12.6. The lowest BCUT2D eigenvalue weighted by molar-refractivity contribution is 0.0747. The van der Waals surface area contributed by atoms with Gasteiger partial charge in [0.05, 0.1) is 5.69 Å². The number of nitrogens with zero attached hydrogens (tertiary/aromatic N) is 4. The van der Waals surface area contributed by atoms with Crippen LogP contribution in [0.2, 0.25) is 0 Å². The van der Waals surface area contributed by atoms with E-state index in [1.54, 1.807) is 18.5 Å². The van der Waals surface area contributed by atoms with E-state index in [4.69, 9.17) is 0 Å².